The number of rotatable bonds is 4. The number of fused-ring (bicyclic) bond motifs is 1. The van der Waals surface area contributed by atoms with Crippen LogP contribution in [0, 0.1) is 0 Å². The summed E-state index contributed by atoms with van der Waals surface area (Å²) in [6.07, 6.45) is 0.523. The van der Waals surface area contributed by atoms with Crippen molar-refractivity contribution in [2.45, 2.75) is 44.8 Å². The van der Waals surface area contributed by atoms with E-state index in [1.165, 1.54) is 4.90 Å². The smallest absolute Gasteiger partial charge is 0.255 e. The van der Waals surface area contributed by atoms with E-state index in [4.69, 9.17) is 0 Å². The number of amides is 4. The van der Waals surface area contributed by atoms with E-state index >= 15 is 0 Å². The van der Waals surface area contributed by atoms with E-state index in [1.54, 1.807) is 29.5 Å². The third-order valence-corrected chi connectivity index (χ3v) is 6.54. The quantitative estimate of drug-likeness (QED) is 0.754. The summed E-state index contributed by atoms with van der Waals surface area (Å²) in [5.41, 5.74) is 1.15. The number of imide groups is 1. The summed E-state index contributed by atoms with van der Waals surface area (Å²) in [6.45, 7) is 4.13. The highest BCUT2D eigenvalue weighted by Crippen LogP contribution is 2.29. The summed E-state index contributed by atoms with van der Waals surface area (Å²) in [5.74, 6) is -1.24. The number of hydrogen-bond acceptors (Lipinski definition) is 5. The molecule has 2 aliphatic rings. The Hall–Kier alpha value is -3.00. The Morgan fingerprint density at radius 3 is 2.72 bits per heavy atom. The van der Waals surface area contributed by atoms with Crippen LogP contribution >= 0.6 is 11.3 Å². The summed E-state index contributed by atoms with van der Waals surface area (Å²) < 4.78 is 0. The van der Waals surface area contributed by atoms with Gasteiger partial charge in [-0.15, -0.1) is 11.3 Å². The van der Waals surface area contributed by atoms with E-state index in [1.807, 2.05) is 31.4 Å². The molecule has 4 rings (SSSR count). The molecular weight excluding hydrogens is 390 g/mol. The molecule has 0 saturated carbocycles. The van der Waals surface area contributed by atoms with E-state index in [2.05, 4.69) is 10.6 Å². The van der Waals surface area contributed by atoms with Crippen LogP contribution in [0.1, 0.15) is 57.8 Å². The number of carbonyl (C=O) groups excluding carboxylic acids is 4. The molecule has 1 aromatic heterocycles. The number of piperidine rings is 1. The topological polar surface area (TPSA) is 95.6 Å². The van der Waals surface area contributed by atoms with Crippen molar-refractivity contribution in [3.05, 3.63) is 57.3 Å². The van der Waals surface area contributed by atoms with E-state index in [-0.39, 0.29) is 30.7 Å². The Bertz CT molecular complexity index is 1010. The van der Waals surface area contributed by atoms with Gasteiger partial charge in [0.15, 0.2) is 0 Å². The molecule has 0 aliphatic carbocycles. The first-order valence-corrected chi connectivity index (χ1v) is 10.3. The van der Waals surface area contributed by atoms with Crippen LogP contribution in [0.3, 0.4) is 0 Å². The maximum Gasteiger partial charge on any atom is 0.255 e. The standard InChI is InChI=1S/C21H21N3O4S/c1-21(2,16-4-3-9-29-16)23-18(26)12-5-6-14-13(10-12)11-24(20(14)28)15-7-8-17(25)22-19(15)27/h3-6,9-10,15H,7-8,11H2,1-2H3,(H,23,26)(H,22,25,27). The Kier molecular flexibility index (Phi) is 4.74. The lowest BCUT2D eigenvalue weighted by Crippen LogP contribution is -2.52. The van der Waals surface area contributed by atoms with Crippen molar-refractivity contribution in [1.29, 1.82) is 0 Å². The SMILES string of the molecule is CC(C)(NC(=O)c1ccc2c(c1)CN(C1CCC(=O)NC1=O)C2=O)c1cccs1. The van der Waals surface area contributed by atoms with E-state index in [0.29, 0.717) is 23.1 Å². The molecule has 1 unspecified atom stereocenters. The molecule has 150 valence electrons. The van der Waals surface area contributed by atoms with Gasteiger partial charge in [-0.2, -0.15) is 0 Å². The van der Waals surface area contributed by atoms with E-state index in [9.17, 15) is 19.2 Å². The minimum absolute atomic E-state index is 0.210. The zero-order valence-electron chi connectivity index (χ0n) is 16.2. The summed E-state index contributed by atoms with van der Waals surface area (Å²) >= 11 is 1.58. The predicted molar refractivity (Wildman–Crippen MR) is 107 cm³/mol. The van der Waals surface area contributed by atoms with Crippen LogP contribution in [-0.2, 0) is 21.7 Å². The second kappa shape index (κ2) is 7.11. The average molecular weight is 411 g/mol. The van der Waals surface area contributed by atoms with Gasteiger partial charge >= 0.3 is 0 Å². The van der Waals surface area contributed by atoms with Crippen molar-refractivity contribution in [2.75, 3.05) is 0 Å². The molecule has 2 N–H and O–H groups in total. The highest BCUT2D eigenvalue weighted by molar-refractivity contribution is 7.10. The summed E-state index contributed by atoms with van der Waals surface area (Å²) in [5, 5.41) is 7.29. The molecule has 0 bridgehead atoms. The molecule has 4 amide bonds. The van der Waals surface area contributed by atoms with Crippen LogP contribution in [0.15, 0.2) is 35.7 Å². The molecule has 0 radical (unpaired) electrons. The minimum atomic E-state index is -0.664. The molecule has 1 saturated heterocycles. The second-order valence-electron chi connectivity index (χ2n) is 7.83. The zero-order valence-corrected chi connectivity index (χ0v) is 17.0. The van der Waals surface area contributed by atoms with Crippen LogP contribution in [0.25, 0.3) is 0 Å². The first kappa shape index (κ1) is 19.3. The van der Waals surface area contributed by atoms with Crippen LogP contribution < -0.4 is 10.6 Å². The molecule has 0 spiro atoms. The number of nitrogens with zero attached hydrogens (tertiary/aromatic N) is 1. The van der Waals surface area contributed by atoms with Crippen LogP contribution in [0.5, 0.6) is 0 Å². The number of nitrogens with one attached hydrogen (secondary N) is 2. The molecule has 2 aliphatic heterocycles. The summed E-state index contributed by atoms with van der Waals surface area (Å²) in [4.78, 5) is 51.6. The maximum absolute atomic E-state index is 12.8. The molecule has 7 nitrogen and oxygen atoms in total. The summed E-state index contributed by atoms with van der Waals surface area (Å²) in [6, 6.07) is 8.23. The Morgan fingerprint density at radius 2 is 2.03 bits per heavy atom. The Balaban J connectivity index is 1.52. The monoisotopic (exact) mass is 411 g/mol. The van der Waals surface area contributed by atoms with E-state index < -0.39 is 17.5 Å². The molecule has 1 aromatic carbocycles. The zero-order chi connectivity index (χ0) is 20.8. The van der Waals surface area contributed by atoms with Crippen molar-refractivity contribution in [3.63, 3.8) is 0 Å². The van der Waals surface area contributed by atoms with Crippen LogP contribution in [-0.4, -0.2) is 34.6 Å². The maximum atomic E-state index is 12.8. The van der Waals surface area contributed by atoms with Crippen LogP contribution in [0.2, 0.25) is 0 Å². The van der Waals surface area contributed by atoms with Gasteiger partial charge in [0, 0.05) is 29.0 Å². The normalized spacial score (nSPS) is 19.2. The lowest BCUT2D eigenvalue weighted by Gasteiger charge is -2.29. The minimum Gasteiger partial charge on any atom is -0.342 e. The fourth-order valence-electron chi connectivity index (χ4n) is 3.77. The van der Waals surface area contributed by atoms with E-state index in [0.717, 1.165) is 4.88 Å². The van der Waals surface area contributed by atoms with Gasteiger partial charge in [-0.1, -0.05) is 6.07 Å². The molecule has 29 heavy (non-hydrogen) atoms. The molecule has 2 aromatic rings. The van der Waals surface area contributed by atoms with Gasteiger partial charge in [-0.25, -0.2) is 0 Å². The number of carbonyl (C=O) groups is 4. The highest BCUT2D eigenvalue weighted by atomic mass is 32.1. The van der Waals surface area contributed by atoms with Gasteiger partial charge in [0.2, 0.25) is 11.8 Å². The Morgan fingerprint density at radius 1 is 1.24 bits per heavy atom. The Labute approximate surface area is 172 Å². The first-order valence-electron chi connectivity index (χ1n) is 9.40. The van der Waals surface area contributed by atoms with Crippen molar-refractivity contribution < 1.29 is 19.2 Å². The largest absolute Gasteiger partial charge is 0.342 e. The lowest BCUT2D eigenvalue weighted by molar-refractivity contribution is -0.136. The van der Waals surface area contributed by atoms with Gasteiger partial charge in [0.05, 0.1) is 5.54 Å². The molecule has 8 heteroatoms. The van der Waals surface area contributed by atoms with Gasteiger partial charge in [0.25, 0.3) is 11.8 Å². The van der Waals surface area contributed by atoms with Crippen molar-refractivity contribution in [2.24, 2.45) is 0 Å². The second-order valence-corrected chi connectivity index (χ2v) is 8.78. The average Bonchev–Trinajstić information content (AvgIpc) is 3.31. The summed E-state index contributed by atoms with van der Waals surface area (Å²) in [7, 11) is 0. The van der Waals surface area contributed by atoms with Crippen molar-refractivity contribution in [3.8, 4) is 0 Å². The highest BCUT2D eigenvalue weighted by Gasteiger charge is 2.39. The first-order chi connectivity index (χ1) is 13.8. The van der Waals surface area contributed by atoms with Gasteiger partial charge in [-0.05, 0) is 55.5 Å². The third kappa shape index (κ3) is 3.55. The number of benzene rings is 1. The fraction of sp³-hybridized carbons (Fsp3) is 0.333. The van der Waals surface area contributed by atoms with Crippen LogP contribution in [0.4, 0.5) is 0 Å². The van der Waals surface area contributed by atoms with Crippen molar-refractivity contribution in [1.82, 2.24) is 15.5 Å². The number of hydrogen-bond donors (Lipinski definition) is 2. The lowest BCUT2D eigenvalue weighted by atomic mass is 10.0. The molecule has 1 atom stereocenters. The van der Waals surface area contributed by atoms with Gasteiger partial charge in [0.1, 0.15) is 6.04 Å². The fourth-order valence-corrected chi connectivity index (χ4v) is 4.57. The molecule has 1 fully saturated rings. The van der Waals surface area contributed by atoms with Crippen molar-refractivity contribution >= 4 is 35.0 Å². The van der Waals surface area contributed by atoms with Gasteiger partial charge < -0.3 is 10.2 Å². The molecule has 3 heterocycles. The van der Waals surface area contributed by atoms with Gasteiger partial charge in [-0.3, -0.25) is 24.5 Å². The predicted octanol–water partition coefficient (Wildman–Crippen LogP) is 2.17. The molecular formula is C21H21N3O4S. The third-order valence-electron chi connectivity index (χ3n) is 5.35. The number of thiophene rings is 1.